The van der Waals surface area contributed by atoms with Crippen molar-refractivity contribution in [1.82, 2.24) is 10.3 Å². The maximum Gasteiger partial charge on any atom is 0.128 e. The molecule has 30 heavy (non-hydrogen) atoms. The summed E-state index contributed by atoms with van der Waals surface area (Å²) in [6.07, 6.45) is 1.90. The number of hydrogen-bond acceptors (Lipinski definition) is 4. The lowest BCUT2D eigenvalue weighted by Crippen LogP contribution is -2.46. The van der Waals surface area contributed by atoms with E-state index < -0.39 is 0 Å². The molecule has 0 amide bonds. The number of nitrogens with zero attached hydrogens (tertiary/aromatic N) is 3. The quantitative estimate of drug-likeness (QED) is 0.645. The third kappa shape index (κ3) is 4.97. The summed E-state index contributed by atoms with van der Waals surface area (Å²) in [7, 11) is 0. The summed E-state index contributed by atoms with van der Waals surface area (Å²) in [6.45, 7) is 8.75. The highest BCUT2D eigenvalue weighted by Gasteiger charge is 2.18. The maximum atomic E-state index is 13.2. The number of nitrogens with one attached hydrogen (secondary N) is 1. The zero-order valence-electron chi connectivity index (χ0n) is 17.7. The second-order valence-electron chi connectivity index (χ2n) is 7.99. The molecule has 4 nitrogen and oxygen atoms in total. The van der Waals surface area contributed by atoms with Crippen molar-refractivity contribution < 1.29 is 4.39 Å². The van der Waals surface area contributed by atoms with Crippen LogP contribution in [0, 0.1) is 12.7 Å². The molecule has 0 aliphatic carbocycles. The first-order valence-electron chi connectivity index (χ1n) is 10.6. The molecular formula is C25H29FN4. The van der Waals surface area contributed by atoms with Gasteiger partial charge in [0.15, 0.2) is 0 Å². The van der Waals surface area contributed by atoms with Gasteiger partial charge < -0.3 is 15.1 Å². The smallest absolute Gasteiger partial charge is 0.128 e. The van der Waals surface area contributed by atoms with E-state index in [4.69, 9.17) is 0 Å². The van der Waals surface area contributed by atoms with Gasteiger partial charge in [-0.15, -0.1) is 0 Å². The second kappa shape index (κ2) is 9.26. The number of hydrogen-bond donors (Lipinski definition) is 1. The molecule has 3 aromatic rings. The second-order valence-corrected chi connectivity index (χ2v) is 7.99. The SMILES string of the molecule is Cc1cccc(C(C)NCc2ccnc(N3CCN(c4ccc(F)cc4)CC3)c2)c1. The molecule has 1 atom stereocenters. The molecule has 1 fully saturated rings. The van der Waals surface area contributed by atoms with Gasteiger partial charge in [0.2, 0.25) is 0 Å². The van der Waals surface area contributed by atoms with Crippen LogP contribution in [0.2, 0.25) is 0 Å². The number of anilines is 2. The average molecular weight is 405 g/mol. The minimum atomic E-state index is -0.191. The molecule has 1 aliphatic heterocycles. The Kier molecular flexibility index (Phi) is 6.29. The van der Waals surface area contributed by atoms with Crippen molar-refractivity contribution in [1.29, 1.82) is 0 Å². The Labute approximate surface area is 178 Å². The molecular weight excluding hydrogens is 375 g/mol. The van der Waals surface area contributed by atoms with Crippen LogP contribution in [-0.4, -0.2) is 31.2 Å². The molecule has 0 spiro atoms. The average Bonchev–Trinajstić information content (AvgIpc) is 2.78. The molecule has 1 aromatic heterocycles. The minimum Gasteiger partial charge on any atom is -0.368 e. The summed E-state index contributed by atoms with van der Waals surface area (Å²) in [5, 5.41) is 3.62. The van der Waals surface area contributed by atoms with Crippen LogP contribution in [0.1, 0.15) is 29.7 Å². The minimum absolute atomic E-state index is 0.191. The summed E-state index contributed by atoms with van der Waals surface area (Å²) < 4.78 is 13.2. The fourth-order valence-corrected chi connectivity index (χ4v) is 3.92. The number of piperazine rings is 1. The summed E-state index contributed by atoms with van der Waals surface area (Å²) in [5.74, 6) is 0.833. The number of rotatable bonds is 6. The first-order chi connectivity index (χ1) is 14.6. The van der Waals surface area contributed by atoms with Crippen LogP contribution < -0.4 is 15.1 Å². The fraction of sp³-hybridized carbons (Fsp3) is 0.320. The molecule has 0 bridgehead atoms. The Hall–Kier alpha value is -2.92. The normalized spacial score (nSPS) is 15.3. The Morgan fingerprint density at radius 3 is 2.43 bits per heavy atom. The summed E-state index contributed by atoms with van der Waals surface area (Å²) in [4.78, 5) is 9.22. The summed E-state index contributed by atoms with van der Waals surface area (Å²) in [5.41, 5.74) is 4.90. The van der Waals surface area contributed by atoms with Crippen LogP contribution in [-0.2, 0) is 6.54 Å². The molecule has 1 aliphatic rings. The van der Waals surface area contributed by atoms with Crippen LogP contribution in [0.5, 0.6) is 0 Å². The van der Waals surface area contributed by atoms with Gasteiger partial charge in [0.05, 0.1) is 0 Å². The summed E-state index contributed by atoms with van der Waals surface area (Å²) >= 11 is 0. The standard InChI is InChI=1S/C25H29FN4/c1-19-4-3-5-22(16-19)20(2)28-18-21-10-11-27-25(17-21)30-14-12-29(13-15-30)24-8-6-23(26)7-9-24/h3-11,16-17,20,28H,12-15,18H2,1-2H3. The molecule has 2 aromatic carbocycles. The number of aryl methyl sites for hydroxylation is 1. The highest BCUT2D eigenvalue weighted by molar-refractivity contribution is 5.49. The zero-order valence-corrected chi connectivity index (χ0v) is 17.7. The van der Waals surface area contributed by atoms with Crippen molar-refractivity contribution in [3.8, 4) is 0 Å². The number of pyridine rings is 1. The van der Waals surface area contributed by atoms with Gasteiger partial charge in [-0.3, -0.25) is 0 Å². The van der Waals surface area contributed by atoms with Crippen LogP contribution in [0.25, 0.3) is 0 Å². The van der Waals surface area contributed by atoms with E-state index in [0.717, 1.165) is 44.2 Å². The van der Waals surface area contributed by atoms with Crippen LogP contribution in [0.3, 0.4) is 0 Å². The lowest BCUT2D eigenvalue weighted by molar-refractivity contribution is 0.573. The fourth-order valence-electron chi connectivity index (χ4n) is 3.92. The monoisotopic (exact) mass is 404 g/mol. The lowest BCUT2D eigenvalue weighted by Gasteiger charge is -2.36. The van der Waals surface area contributed by atoms with Gasteiger partial charge in [-0.25, -0.2) is 9.37 Å². The Morgan fingerprint density at radius 1 is 0.967 bits per heavy atom. The predicted molar refractivity (Wildman–Crippen MR) is 121 cm³/mol. The molecule has 1 unspecified atom stereocenters. The van der Waals surface area contributed by atoms with Gasteiger partial charge in [0.25, 0.3) is 0 Å². The Balaban J connectivity index is 1.34. The molecule has 0 radical (unpaired) electrons. The van der Waals surface area contributed by atoms with Gasteiger partial charge in [-0.2, -0.15) is 0 Å². The molecule has 156 valence electrons. The van der Waals surface area contributed by atoms with E-state index in [1.807, 2.05) is 18.3 Å². The van der Waals surface area contributed by atoms with Crippen LogP contribution in [0.15, 0.2) is 66.9 Å². The van der Waals surface area contributed by atoms with Crippen molar-refractivity contribution in [2.45, 2.75) is 26.4 Å². The number of halogens is 1. The molecule has 0 saturated carbocycles. The topological polar surface area (TPSA) is 31.4 Å². The van der Waals surface area contributed by atoms with Crippen molar-refractivity contribution in [2.75, 3.05) is 36.0 Å². The van der Waals surface area contributed by atoms with E-state index in [9.17, 15) is 4.39 Å². The van der Waals surface area contributed by atoms with Crippen molar-refractivity contribution >= 4 is 11.5 Å². The van der Waals surface area contributed by atoms with E-state index >= 15 is 0 Å². The highest BCUT2D eigenvalue weighted by Crippen LogP contribution is 2.21. The zero-order chi connectivity index (χ0) is 20.9. The van der Waals surface area contributed by atoms with Gasteiger partial charge in [0.1, 0.15) is 11.6 Å². The molecule has 4 rings (SSSR count). The predicted octanol–water partition coefficient (Wildman–Crippen LogP) is 4.71. The van der Waals surface area contributed by atoms with Crippen molar-refractivity contribution in [2.24, 2.45) is 0 Å². The van der Waals surface area contributed by atoms with Crippen molar-refractivity contribution in [3.05, 3.63) is 89.4 Å². The van der Waals surface area contributed by atoms with Gasteiger partial charge >= 0.3 is 0 Å². The first kappa shape index (κ1) is 20.4. The molecule has 1 saturated heterocycles. The number of benzene rings is 2. The molecule has 2 heterocycles. The Bertz CT molecular complexity index is 965. The first-order valence-corrected chi connectivity index (χ1v) is 10.6. The summed E-state index contributed by atoms with van der Waals surface area (Å²) in [6, 6.07) is 19.9. The van der Waals surface area contributed by atoms with Gasteiger partial charge in [0, 0.05) is 50.6 Å². The Morgan fingerprint density at radius 2 is 1.70 bits per heavy atom. The van der Waals surface area contributed by atoms with E-state index in [1.165, 1.54) is 28.8 Å². The largest absolute Gasteiger partial charge is 0.368 e. The van der Waals surface area contributed by atoms with E-state index in [-0.39, 0.29) is 5.82 Å². The van der Waals surface area contributed by atoms with Crippen LogP contribution in [0.4, 0.5) is 15.9 Å². The van der Waals surface area contributed by atoms with Gasteiger partial charge in [-0.1, -0.05) is 29.8 Å². The third-order valence-corrected chi connectivity index (χ3v) is 5.76. The number of aromatic nitrogens is 1. The van der Waals surface area contributed by atoms with Crippen LogP contribution >= 0.6 is 0 Å². The van der Waals surface area contributed by atoms with E-state index in [0.29, 0.717) is 6.04 Å². The van der Waals surface area contributed by atoms with Gasteiger partial charge in [-0.05, 0) is 61.4 Å². The molecule has 5 heteroatoms. The van der Waals surface area contributed by atoms with E-state index in [1.54, 1.807) is 0 Å². The van der Waals surface area contributed by atoms with Crippen molar-refractivity contribution in [3.63, 3.8) is 0 Å². The lowest BCUT2D eigenvalue weighted by atomic mass is 10.1. The third-order valence-electron chi connectivity index (χ3n) is 5.76. The maximum absolute atomic E-state index is 13.2. The highest BCUT2D eigenvalue weighted by atomic mass is 19.1. The van der Waals surface area contributed by atoms with E-state index in [2.05, 4.69) is 70.3 Å². The molecule has 1 N–H and O–H groups in total.